The standard InChI is InChI=1S/C24H17N5OS/c1-16-6-2-4-8-20(16)28-22(30)19-7-3-5-9-21(19)29-23(28)26-27-24(29)31-15-18-12-10-17(14-25)11-13-18/h2-13H,15H2,1H3. The van der Waals surface area contributed by atoms with Gasteiger partial charge in [0.2, 0.25) is 5.78 Å². The van der Waals surface area contributed by atoms with Crippen molar-refractivity contribution in [2.24, 2.45) is 0 Å². The van der Waals surface area contributed by atoms with Gasteiger partial charge in [0.1, 0.15) is 0 Å². The van der Waals surface area contributed by atoms with Gasteiger partial charge in [-0.15, -0.1) is 10.2 Å². The fourth-order valence-electron chi connectivity index (χ4n) is 3.63. The second-order valence-corrected chi connectivity index (χ2v) is 8.10. The molecule has 0 aliphatic heterocycles. The summed E-state index contributed by atoms with van der Waals surface area (Å²) < 4.78 is 3.58. The summed E-state index contributed by atoms with van der Waals surface area (Å²) >= 11 is 1.54. The molecule has 0 aliphatic rings. The number of hydrogen-bond donors (Lipinski definition) is 0. The molecule has 3 aromatic carbocycles. The minimum Gasteiger partial charge on any atom is -0.268 e. The van der Waals surface area contributed by atoms with E-state index in [1.165, 1.54) is 0 Å². The van der Waals surface area contributed by atoms with Crippen molar-refractivity contribution < 1.29 is 0 Å². The van der Waals surface area contributed by atoms with Crippen LogP contribution in [0.3, 0.4) is 0 Å². The lowest BCUT2D eigenvalue weighted by molar-refractivity contribution is 0.928. The van der Waals surface area contributed by atoms with Crippen molar-refractivity contribution in [2.45, 2.75) is 17.8 Å². The lowest BCUT2D eigenvalue weighted by atomic mass is 10.2. The summed E-state index contributed by atoms with van der Waals surface area (Å²) in [5.41, 5.74) is 4.15. The highest BCUT2D eigenvalue weighted by molar-refractivity contribution is 7.98. The molecule has 0 aliphatic carbocycles. The molecule has 0 radical (unpaired) electrons. The van der Waals surface area contributed by atoms with E-state index in [0.717, 1.165) is 22.3 Å². The van der Waals surface area contributed by atoms with Gasteiger partial charge in [0, 0.05) is 5.75 Å². The van der Waals surface area contributed by atoms with Gasteiger partial charge in [0.25, 0.3) is 5.56 Å². The maximum absolute atomic E-state index is 13.4. The van der Waals surface area contributed by atoms with Crippen molar-refractivity contribution in [1.29, 1.82) is 5.26 Å². The largest absolute Gasteiger partial charge is 0.268 e. The van der Waals surface area contributed by atoms with E-state index in [4.69, 9.17) is 5.26 Å². The smallest absolute Gasteiger partial charge is 0.267 e. The second kappa shape index (κ2) is 7.74. The number of para-hydroxylation sites is 2. The monoisotopic (exact) mass is 423 g/mol. The molecule has 5 aromatic rings. The SMILES string of the molecule is Cc1ccccc1-n1c(=O)c2ccccc2n2c(SCc3ccc(C#N)cc3)nnc12. The normalized spacial score (nSPS) is 11.1. The van der Waals surface area contributed by atoms with Crippen LogP contribution in [0.4, 0.5) is 0 Å². The van der Waals surface area contributed by atoms with Crippen molar-refractivity contribution in [3.63, 3.8) is 0 Å². The molecule has 0 fully saturated rings. The Bertz CT molecular complexity index is 1530. The van der Waals surface area contributed by atoms with Gasteiger partial charge in [-0.05, 0) is 48.4 Å². The fourth-order valence-corrected chi connectivity index (χ4v) is 4.52. The van der Waals surface area contributed by atoms with E-state index < -0.39 is 0 Å². The zero-order chi connectivity index (χ0) is 21.4. The minimum absolute atomic E-state index is 0.117. The summed E-state index contributed by atoms with van der Waals surface area (Å²) in [6, 6.07) is 24.9. The molecule has 0 atom stereocenters. The first-order valence-electron chi connectivity index (χ1n) is 9.74. The van der Waals surface area contributed by atoms with Crippen LogP contribution in [0.2, 0.25) is 0 Å². The van der Waals surface area contributed by atoms with Crippen LogP contribution in [0.15, 0.2) is 82.7 Å². The first kappa shape index (κ1) is 19.1. The van der Waals surface area contributed by atoms with Gasteiger partial charge in [0.15, 0.2) is 5.16 Å². The molecule has 0 spiro atoms. The molecule has 0 amide bonds. The van der Waals surface area contributed by atoms with Gasteiger partial charge in [-0.3, -0.25) is 9.20 Å². The maximum atomic E-state index is 13.4. The van der Waals surface area contributed by atoms with E-state index in [2.05, 4.69) is 16.3 Å². The molecule has 2 heterocycles. The summed E-state index contributed by atoms with van der Waals surface area (Å²) in [6.45, 7) is 1.98. The third-order valence-electron chi connectivity index (χ3n) is 5.20. The van der Waals surface area contributed by atoms with E-state index in [0.29, 0.717) is 27.6 Å². The Morgan fingerprint density at radius 1 is 0.968 bits per heavy atom. The Labute approximate surface area is 182 Å². The Balaban J connectivity index is 1.68. The van der Waals surface area contributed by atoms with Crippen LogP contribution in [0.1, 0.15) is 16.7 Å². The molecular weight excluding hydrogens is 406 g/mol. The van der Waals surface area contributed by atoms with E-state index >= 15 is 0 Å². The summed E-state index contributed by atoms with van der Waals surface area (Å²) in [5.74, 6) is 1.16. The van der Waals surface area contributed by atoms with Crippen LogP contribution in [0.5, 0.6) is 0 Å². The Morgan fingerprint density at radius 2 is 1.71 bits per heavy atom. The van der Waals surface area contributed by atoms with Crippen molar-refractivity contribution >= 4 is 28.4 Å². The molecule has 7 heteroatoms. The minimum atomic E-state index is -0.117. The first-order valence-corrected chi connectivity index (χ1v) is 10.7. The van der Waals surface area contributed by atoms with Crippen LogP contribution in [0, 0.1) is 18.3 Å². The van der Waals surface area contributed by atoms with Crippen LogP contribution in [-0.2, 0) is 5.75 Å². The number of nitriles is 1. The quantitative estimate of drug-likeness (QED) is 0.398. The van der Waals surface area contributed by atoms with Gasteiger partial charge < -0.3 is 0 Å². The van der Waals surface area contributed by atoms with Gasteiger partial charge >= 0.3 is 0 Å². The van der Waals surface area contributed by atoms with Crippen molar-refractivity contribution in [3.8, 4) is 11.8 Å². The predicted octanol–water partition coefficient (Wildman–Crippen LogP) is 4.51. The highest BCUT2D eigenvalue weighted by Gasteiger charge is 2.18. The summed E-state index contributed by atoms with van der Waals surface area (Å²) in [4.78, 5) is 13.4. The Kier molecular flexibility index (Phi) is 4.77. The van der Waals surface area contributed by atoms with Crippen molar-refractivity contribution in [2.75, 3.05) is 0 Å². The number of benzene rings is 3. The number of fused-ring (bicyclic) bond motifs is 3. The number of thioether (sulfide) groups is 1. The van der Waals surface area contributed by atoms with E-state index in [9.17, 15) is 4.79 Å². The molecule has 150 valence electrons. The molecule has 0 saturated carbocycles. The van der Waals surface area contributed by atoms with Gasteiger partial charge in [0.05, 0.1) is 28.2 Å². The molecule has 31 heavy (non-hydrogen) atoms. The molecular formula is C24H17N5OS. The Hall–Kier alpha value is -3.89. The first-order chi connectivity index (χ1) is 15.2. The van der Waals surface area contributed by atoms with Gasteiger partial charge in [-0.1, -0.05) is 54.2 Å². The zero-order valence-corrected chi connectivity index (χ0v) is 17.5. The van der Waals surface area contributed by atoms with Crippen LogP contribution < -0.4 is 5.56 Å². The molecule has 6 nitrogen and oxygen atoms in total. The summed E-state index contributed by atoms with van der Waals surface area (Å²) in [6.07, 6.45) is 0. The molecule has 0 N–H and O–H groups in total. The van der Waals surface area contributed by atoms with Gasteiger partial charge in [-0.25, -0.2) is 4.57 Å². The average molecular weight is 424 g/mol. The average Bonchev–Trinajstić information content (AvgIpc) is 3.23. The van der Waals surface area contributed by atoms with Crippen LogP contribution >= 0.6 is 11.8 Å². The highest BCUT2D eigenvalue weighted by atomic mass is 32.2. The number of aromatic nitrogens is 4. The van der Waals surface area contributed by atoms with E-state index in [1.54, 1.807) is 16.3 Å². The lowest BCUT2D eigenvalue weighted by Gasteiger charge is -2.13. The lowest BCUT2D eigenvalue weighted by Crippen LogP contribution is -2.22. The maximum Gasteiger partial charge on any atom is 0.267 e. The Morgan fingerprint density at radius 3 is 2.48 bits per heavy atom. The molecule has 0 bridgehead atoms. The fraction of sp³-hybridized carbons (Fsp3) is 0.0833. The van der Waals surface area contributed by atoms with E-state index in [-0.39, 0.29) is 5.56 Å². The van der Waals surface area contributed by atoms with Crippen molar-refractivity contribution in [1.82, 2.24) is 19.2 Å². The number of hydrogen-bond acceptors (Lipinski definition) is 5. The molecule has 5 rings (SSSR count). The van der Waals surface area contributed by atoms with Crippen molar-refractivity contribution in [3.05, 3.63) is 99.8 Å². The van der Waals surface area contributed by atoms with E-state index in [1.807, 2.05) is 84.1 Å². The number of rotatable bonds is 4. The highest BCUT2D eigenvalue weighted by Crippen LogP contribution is 2.26. The zero-order valence-electron chi connectivity index (χ0n) is 16.7. The number of aryl methyl sites for hydroxylation is 1. The summed E-state index contributed by atoms with van der Waals surface area (Å²) in [7, 11) is 0. The summed E-state index contributed by atoms with van der Waals surface area (Å²) in [5, 5.41) is 19.1. The predicted molar refractivity (Wildman–Crippen MR) is 122 cm³/mol. The molecule has 2 aromatic heterocycles. The molecule has 0 unspecified atom stereocenters. The third kappa shape index (κ3) is 3.27. The molecule has 0 saturated heterocycles. The topological polar surface area (TPSA) is 76.0 Å². The third-order valence-corrected chi connectivity index (χ3v) is 6.20. The number of nitrogens with zero attached hydrogens (tertiary/aromatic N) is 5. The van der Waals surface area contributed by atoms with Crippen LogP contribution in [-0.4, -0.2) is 19.2 Å². The second-order valence-electron chi connectivity index (χ2n) is 7.16. The van der Waals surface area contributed by atoms with Crippen LogP contribution in [0.25, 0.3) is 22.4 Å². The van der Waals surface area contributed by atoms with Gasteiger partial charge in [-0.2, -0.15) is 5.26 Å².